The topological polar surface area (TPSA) is 116 Å². The van der Waals surface area contributed by atoms with Crippen molar-refractivity contribution in [2.75, 3.05) is 20.3 Å². The number of hydrogen-bond donors (Lipinski definition) is 2. The van der Waals surface area contributed by atoms with Crippen molar-refractivity contribution in [1.29, 1.82) is 0 Å². The summed E-state index contributed by atoms with van der Waals surface area (Å²) in [6.45, 7) is 11.5. The summed E-state index contributed by atoms with van der Waals surface area (Å²) in [6, 6.07) is 5.74. The molecule has 9 heteroatoms. The predicted octanol–water partition coefficient (Wildman–Crippen LogP) is 4.55. The number of ether oxygens (including phenoxy) is 2. The van der Waals surface area contributed by atoms with Gasteiger partial charge in [-0.25, -0.2) is 4.99 Å². The summed E-state index contributed by atoms with van der Waals surface area (Å²) in [7, 11) is 1.68. The molecule has 36 heavy (non-hydrogen) atoms. The number of terminal acetylenes is 1. The largest absolute Gasteiger partial charge is 0.486 e. The van der Waals surface area contributed by atoms with E-state index < -0.39 is 0 Å². The van der Waals surface area contributed by atoms with Crippen LogP contribution in [0.2, 0.25) is 5.02 Å². The summed E-state index contributed by atoms with van der Waals surface area (Å²) >= 11 is 6.13. The minimum absolute atomic E-state index is 0.0300. The van der Waals surface area contributed by atoms with E-state index >= 15 is 0 Å². The average molecular weight is 520 g/mol. The number of halogens is 1. The van der Waals surface area contributed by atoms with E-state index in [1.165, 1.54) is 19.2 Å². The highest BCUT2D eigenvalue weighted by Gasteiger charge is 2.36. The first-order valence-corrected chi connectivity index (χ1v) is 12.5. The van der Waals surface area contributed by atoms with E-state index in [9.17, 15) is 4.79 Å². The minimum Gasteiger partial charge on any atom is -0.486 e. The van der Waals surface area contributed by atoms with E-state index in [4.69, 9.17) is 27.8 Å². The van der Waals surface area contributed by atoms with Gasteiger partial charge in [-0.2, -0.15) is 0 Å². The van der Waals surface area contributed by atoms with Crippen molar-refractivity contribution < 1.29 is 14.3 Å². The zero-order chi connectivity index (χ0) is 27.5. The second-order valence-corrected chi connectivity index (χ2v) is 10.4. The van der Waals surface area contributed by atoms with Gasteiger partial charge in [-0.05, 0) is 59.4 Å². The molecule has 1 unspecified atom stereocenters. The number of carbonyl (C=O) groups is 1. The highest BCUT2D eigenvalue weighted by Crippen LogP contribution is 2.44. The highest BCUT2D eigenvalue weighted by molar-refractivity contribution is 6.32. The second kappa shape index (κ2) is 14.1. The second-order valence-electron chi connectivity index (χ2n) is 10.0. The standard InChI is InChI=1S/C12H15ClN2O.C10H17N3O.C3H8O.C2H2/c1-12(2)6-10(15-7-14)8-4-3-5-9(13)11(8)16-12;1-10(2)5-8(14)13(9(11)12-10)6-7-3-4-7;1-3-4-2;1-2/h3-5,7,10H,6H2,1-2H3,(H2,14,15);7H,3-6H2,1-2H3,(H2,11,12);3H2,1-2H3;1-2H. The number of aliphatic imine (C=N–C) groups is 2. The van der Waals surface area contributed by atoms with Gasteiger partial charge in [-0.3, -0.25) is 14.7 Å². The van der Waals surface area contributed by atoms with E-state index in [1.807, 2.05) is 52.8 Å². The third kappa shape index (κ3) is 9.71. The van der Waals surface area contributed by atoms with E-state index in [0.29, 0.717) is 23.3 Å². The summed E-state index contributed by atoms with van der Waals surface area (Å²) in [4.78, 5) is 22.0. The lowest BCUT2D eigenvalue weighted by molar-refractivity contribution is -0.129. The van der Waals surface area contributed by atoms with Gasteiger partial charge in [0, 0.05) is 32.2 Å². The molecule has 3 aliphatic rings. The molecule has 1 fully saturated rings. The lowest BCUT2D eigenvalue weighted by Gasteiger charge is -2.36. The molecule has 4 N–H and O–H groups in total. The maximum Gasteiger partial charge on any atom is 0.231 e. The quantitative estimate of drug-likeness (QED) is 0.344. The normalized spacial score (nSPS) is 21.2. The molecule has 2 heterocycles. The number of carbonyl (C=O) groups excluding carboxylic acids is 1. The Morgan fingerprint density at radius 3 is 2.42 bits per heavy atom. The number of nitrogens with zero attached hydrogens (tertiary/aromatic N) is 3. The van der Waals surface area contributed by atoms with Gasteiger partial charge in [0.05, 0.1) is 29.4 Å². The molecule has 1 saturated carbocycles. The molecule has 8 nitrogen and oxygen atoms in total. The minimum atomic E-state index is -0.318. The molecule has 200 valence electrons. The number of fused-ring (bicyclic) bond motifs is 1. The number of methoxy groups -OCH3 is 1. The van der Waals surface area contributed by atoms with Crippen molar-refractivity contribution in [2.45, 2.75) is 77.5 Å². The Hall–Kier alpha value is -2.76. The maximum atomic E-state index is 11.7. The molecule has 0 saturated heterocycles. The van der Waals surface area contributed by atoms with Crippen LogP contribution in [0.3, 0.4) is 0 Å². The first-order valence-electron chi connectivity index (χ1n) is 12.1. The van der Waals surface area contributed by atoms with Crippen LogP contribution in [0, 0.1) is 18.8 Å². The predicted molar refractivity (Wildman–Crippen MR) is 148 cm³/mol. The van der Waals surface area contributed by atoms with E-state index in [2.05, 4.69) is 27.6 Å². The Balaban J connectivity index is 0.000000298. The molecule has 4 rings (SSSR count). The number of amides is 1. The summed E-state index contributed by atoms with van der Waals surface area (Å²) in [5.41, 5.74) is 11.6. The first kappa shape index (κ1) is 31.3. The molecular formula is C27H42ClN5O3. The van der Waals surface area contributed by atoms with Gasteiger partial charge in [0.1, 0.15) is 11.4 Å². The molecule has 1 aliphatic carbocycles. The van der Waals surface area contributed by atoms with Crippen LogP contribution in [-0.4, -0.2) is 54.5 Å². The number of benzene rings is 1. The van der Waals surface area contributed by atoms with E-state index in [0.717, 1.165) is 30.9 Å². The Labute approximate surface area is 221 Å². The van der Waals surface area contributed by atoms with Gasteiger partial charge in [0.25, 0.3) is 0 Å². The molecule has 0 aromatic heterocycles. The molecule has 1 aromatic rings. The molecule has 0 bridgehead atoms. The smallest absolute Gasteiger partial charge is 0.231 e. The van der Waals surface area contributed by atoms with Gasteiger partial charge >= 0.3 is 0 Å². The molecule has 2 aliphatic heterocycles. The third-order valence-corrected chi connectivity index (χ3v) is 5.99. The van der Waals surface area contributed by atoms with Crippen molar-refractivity contribution in [3.8, 4) is 18.6 Å². The van der Waals surface area contributed by atoms with Crippen LogP contribution in [0.4, 0.5) is 0 Å². The van der Waals surface area contributed by atoms with E-state index in [-0.39, 0.29) is 23.1 Å². The van der Waals surface area contributed by atoms with Gasteiger partial charge in [0.15, 0.2) is 5.96 Å². The fourth-order valence-corrected chi connectivity index (χ4v) is 4.00. The van der Waals surface area contributed by atoms with Gasteiger partial charge in [-0.1, -0.05) is 23.7 Å². The maximum absolute atomic E-state index is 11.7. The van der Waals surface area contributed by atoms with Crippen molar-refractivity contribution in [1.82, 2.24) is 4.90 Å². The Morgan fingerprint density at radius 1 is 1.31 bits per heavy atom. The fourth-order valence-electron chi connectivity index (χ4n) is 3.78. The van der Waals surface area contributed by atoms with Crippen LogP contribution in [0.25, 0.3) is 0 Å². The van der Waals surface area contributed by atoms with Crippen molar-refractivity contribution in [2.24, 2.45) is 27.4 Å². The van der Waals surface area contributed by atoms with Crippen LogP contribution in [0.5, 0.6) is 5.75 Å². The number of para-hydroxylation sites is 1. The van der Waals surface area contributed by atoms with Crippen LogP contribution < -0.4 is 16.2 Å². The SMILES string of the molecule is C#C.CC1(C)CC(=O)N(CC2CC2)C(N)=N1.CC1(C)CC(N=CN)c2cccc(Cl)c2O1.CCOC. The van der Waals surface area contributed by atoms with Crippen molar-refractivity contribution in [3.63, 3.8) is 0 Å². The molecule has 1 aromatic carbocycles. The Kier molecular flexibility index (Phi) is 12.2. The zero-order valence-corrected chi connectivity index (χ0v) is 23.2. The first-order chi connectivity index (χ1) is 16.9. The van der Waals surface area contributed by atoms with Crippen molar-refractivity contribution in [3.05, 3.63) is 28.8 Å². The zero-order valence-electron chi connectivity index (χ0n) is 22.5. The molecule has 0 spiro atoms. The number of rotatable bonds is 4. The van der Waals surface area contributed by atoms with Gasteiger partial charge in [0.2, 0.25) is 5.91 Å². The Bertz CT molecular complexity index is 937. The monoisotopic (exact) mass is 519 g/mol. The van der Waals surface area contributed by atoms with E-state index in [1.54, 1.807) is 12.0 Å². The van der Waals surface area contributed by atoms with Gasteiger partial charge in [-0.15, -0.1) is 12.8 Å². The summed E-state index contributed by atoms with van der Waals surface area (Å²) in [6.07, 6.45) is 13.1. The summed E-state index contributed by atoms with van der Waals surface area (Å²) in [5, 5.41) is 0.627. The third-order valence-electron chi connectivity index (χ3n) is 5.69. The lowest BCUT2D eigenvalue weighted by atomic mass is 9.90. The molecular weight excluding hydrogens is 478 g/mol. The van der Waals surface area contributed by atoms with Crippen LogP contribution in [-0.2, 0) is 9.53 Å². The fraction of sp³-hybridized carbons (Fsp3) is 0.593. The summed E-state index contributed by atoms with van der Waals surface area (Å²) in [5.74, 6) is 1.91. The van der Waals surface area contributed by atoms with Gasteiger partial charge < -0.3 is 20.9 Å². The Morgan fingerprint density at radius 2 is 1.92 bits per heavy atom. The average Bonchev–Trinajstić information content (AvgIpc) is 3.63. The van der Waals surface area contributed by atoms with Crippen LogP contribution in [0.1, 0.15) is 71.9 Å². The van der Waals surface area contributed by atoms with Crippen LogP contribution >= 0.6 is 11.6 Å². The molecule has 1 amide bonds. The number of nitrogens with two attached hydrogens (primary N) is 2. The molecule has 0 radical (unpaired) electrons. The molecule has 1 atom stereocenters. The number of guanidine groups is 1. The van der Waals surface area contributed by atoms with Crippen LogP contribution in [0.15, 0.2) is 28.2 Å². The number of hydrogen-bond acceptors (Lipinski definition) is 6. The highest BCUT2D eigenvalue weighted by atomic mass is 35.5. The lowest BCUT2D eigenvalue weighted by Crippen LogP contribution is -2.50. The van der Waals surface area contributed by atoms with Crippen molar-refractivity contribution >= 4 is 29.8 Å². The summed E-state index contributed by atoms with van der Waals surface area (Å²) < 4.78 is 10.4.